The molecule has 1 fully saturated rings. The van der Waals surface area contributed by atoms with Gasteiger partial charge in [-0.15, -0.1) is 11.6 Å². The summed E-state index contributed by atoms with van der Waals surface area (Å²) in [7, 11) is -3.39. The number of nitrogens with zero attached hydrogens (tertiary/aromatic N) is 1. The van der Waals surface area contributed by atoms with Crippen molar-refractivity contribution in [3.05, 3.63) is 0 Å². The molecule has 0 N–H and O–H groups in total. The van der Waals surface area contributed by atoms with E-state index in [0.717, 1.165) is 19.1 Å². The standard InChI is InChI=1S/C11H20ClNO3S/c1-11(2,17(3,15)16)10(14)13-7-5-9(8-13)4-6-12/h9H,4-8H2,1-3H3. The topological polar surface area (TPSA) is 54.5 Å². The highest BCUT2D eigenvalue weighted by molar-refractivity contribution is 7.92. The van der Waals surface area contributed by atoms with Crippen LogP contribution in [-0.4, -0.2) is 49.2 Å². The zero-order valence-electron chi connectivity index (χ0n) is 10.6. The van der Waals surface area contributed by atoms with E-state index in [9.17, 15) is 13.2 Å². The van der Waals surface area contributed by atoms with Gasteiger partial charge in [-0.05, 0) is 32.6 Å². The van der Waals surface area contributed by atoms with Crippen LogP contribution in [0.3, 0.4) is 0 Å². The van der Waals surface area contributed by atoms with Crippen molar-refractivity contribution in [1.82, 2.24) is 4.90 Å². The minimum Gasteiger partial charge on any atom is -0.341 e. The number of likely N-dealkylation sites (tertiary alicyclic amines) is 1. The smallest absolute Gasteiger partial charge is 0.243 e. The highest BCUT2D eigenvalue weighted by atomic mass is 35.5. The number of carbonyl (C=O) groups is 1. The van der Waals surface area contributed by atoms with E-state index in [2.05, 4.69) is 0 Å². The molecule has 0 aromatic rings. The Bertz CT molecular complexity index is 392. The van der Waals surface area contributed by atoms with Crippen molar-refractivity contribution >= 4 is 27.3 Å². The Labute approximate surface area is 108 Å². The predicted octanol–water partition coefficient (Wildman–Crippen LogP) is 1.29. The van der Waals surface area contributed by atoms with Gasteiger partial charge in [0, 0.05) is 25.2 Å². The molecule has 1 amide bonds. The SMILES string of the molecule is CC(C)(C(=O)N1CCC(CCCl)C1)S(C)(=O)=O. The fourth-order valence-corrected chi connectivity index (χ4v) is 2.70. The average Bonchev–Trinajstić information content (AvgIpc) is 2.64. The van der Waals surface area contributed by atoms with Crippen LogP contribution in [0, 0.1) is 5.92 Å². The van der Waals surface area contributed by atoms with Crippen molar-refractivity contribution in [2.24, 2.45) is 5.92 Å². The number of rotatable bonds is 4. The van der Waals surface area contributed by atoms with Crippen molar-refractivity contribution in [3.8, 4) is 0 Å². The van der Waals surface area contributed by atoms with Gasteiger partial charge < -0.3 is 4.90 Å². The fourth-order valence-electron chi connectivity index (χ4n) is 1.95. The van der Waals surface area contributed by atoms with Crippen molar-refractivity contribution in [1.29, 1.82) is 0 Å². The van der Waals surface area contributed by atoms with Crippen LogP contribution < -0.4 is 0 Å². The second-order valence-electron chi connectivity index (χ2n) is 5.17. The molecule has 1 heterocycles. The first kappa shape index (κ1) is 14.8. The third-order valence-corrected chi connectivity index (χ3v) is 5.78. The van der Waals surface area contributed by atoms with Gasteiger partial charge in [-0.3, -0.25) is 4.79 Å². The molecule has 1 saturated heterocycles. The number of halogens is 1. The summed E-state index contributed by atoms with van der Waals surface area (Å²) < 4.78 is 21.8. The molecule has 0 aromatic carbocycles. The maximum Gasteiger partial charge on any atom is 0.243 e. The van der Waals surface area contributed by atoms with Crippen molar-refractivity contribution in [2.45, 2.75) is 31.4 Å². The third kappa shape index (κ3) is 3.13. The number of carbonyl (C=O) groups excluding carboxylic acids is 1. The Kier molecular flexibility index (Phi) is 4.47. The van der Waals surface area contributed by atoms with Gasteiger partial charge in [-0.2, -0.15) is 0 Å². The minimum atomic E-state index is -3.39. The first-order valence-electron chi connectivity index (χ1n) is 5.75. The maximum absolute atomic E-state index is 12.2. The quantitative estimate of drug-likeness (QED) is 0.730. The lowest BCUT2D eigenvalue weighted by Gasteiger charge is -2.27. The van der Waals surface area contributed by atoms with Crippen LogP contribution in [0.25, 0.3) is 0 Å². The van der Waals surface area contributed by atoms with Gasteiger partial charge >= 0.3 is 0 Å². The number of amides is 1. The van der Waals surface area contributed by atoms with E-state index in [1.807, 2.05) is 0 Å². The summed E-state index contributed by atoms with van der Waals surface area (Å²) in [4.78, 5) is 13.8. The molecule has 0 saturated carbocycles. The van der Waals surface area contributed by atoms with Gasteiger partial charge in [0.2, 0.25) is 5.91 Å². The molecule has 6 heteroatoms. The summed E-state index contributed by atoms with van der Waals surface area (Å²) in [5.74, 6) is 0.700. The van der Waals surface area contributed by atoms with E-state index < -0.39 is 14.6 Å². The van der Waals surface area contributed by atoms with Crippen molar-refractivity contribution < 1.29 is 13.2 Å². The Morgan fingerprint density at radius 3 is 2.53 bits per heavy atom. The summed E-state index contributed by atoms with van der Waals surface area (Å²) in [6, 6.07) is 0. The van der Waals surface area contributed by atoms with Gasteiger partial charge in [-0.25, -0.2) is 8.42 Å². The average molecular weight is 282 g/mol. The Morgan fingerprint density at radius 1 is 1.47 bits per heavy atom. The van der Waals surface area contributed by atoms with Crippen LogP contribution in [0.15, 0.2) is 0 Å². The molecule has 0 radical (unpaired) electrons. The highest BCUT2D eigenvalue weighted by Crippen LogP contribution is 2.25. The van der Waals surface area contributed by atoms with Gasteiger partial charge in [0.05, 0.1) is 0 Å². The number of hydrogen-bond acceptors (Lipinski definition) is 3. The van der Waals surface area contributed by atoms with Crippen molar-refractivity contribution in [3.63, 3.8) is 0 Å². The number of sulfone groups is 1. The van der Waals surface area contributed by atoms with Gasteiger partial charge in [0.25, 0.3) is 0 Å². The lowest BCUT2D eigenvalue weighted by atomic mass is 10.1. The number of hydrogen-bond donors (Lipinski definition) is 0. The van der Waals surface area contributed by atoms with E-state index in [1.165, 1.54) is 13.8 Å². The number of alkyl halides is 1. The third-order valence-electron chi connectivity index (χ3n) is 3.53. The first-order chi connectivity index (χ1) is 7.70. The molecule has 0 spiro atoms. The Morgan fingerprint density at radius 2 is 2.06 bits per heavy atom. The molecule has 1 aliphatic rings. The van der Waals surface area contributed by atoms with E-state index in [-0.39, 0.29) is 5.91 Å². The lowest BCUT2D eigenvalue weighted by molar-refractivity contribution is -0.132. The predicted molar refractivity (Wildman–Crippen MR) is 68.9 cm³/mol. The molecule has 0 aromatic heterocycles. The Balaban J connectivity index is 2.73. The fraction of sp³-hybridized carbons (Fsp3) is 0.909. The van der Waals surface area contributed by atoms with Gasteiger partial charge in [0.1, 0.15) is 4.75 Å². The summed E-state index contributed by atoms with van der Waals surface area (Å²) >= 11 is 5.67. The zero-order chi connectivity index (χ0) is 13.3. The van der Waals surface area contributed by atoms with Crippen LogP contribution in [-0.2, 0) is 14.6 Å². The highest BCUT2D eigenvalue weighted by Gasteiger charge is 2.42. The summed E-state index contributed by atoms with van der Waals surface area (Å²) in [5, 5.41) is 0. The van der Waals surface area contributed by atoms with Crippen LogP contribution >= 0.6 is 11.6 Å². The largest absolute Gasteiger partial charge is 0.341 e. The maximum atomic E-state index is 12.2. The van der Waals surface area contributed by atoms with Crippen molar-refractivity contribution in [2.75, 3.05) is 25.2 Å². The summed E-state index contributed by atoms with van der Waals surface area (Å²) in [5.41, 5.74) is 0. The Hall–Kier alpha value is -0.290. The zero-order valence-corrected chi connectivity index (χ0v) is 12.1. The summed E-state index contributed by atoms with van der Waals surface area (Å²) in [6.07, 6.45) is 2.90. The monoisotopic (exact) mass is 281 g/mol. The molecule has 1 aliphatic heterocycles. The molecule has 17 heavy (non-hydrogen) atoms. The molecule has 4 nitrogen and oxygen atoms in total. The molecule has 0 aliphatic carbocycles. The lowest BCUT2D eigenvalue weighted by Crippen LogP contribution is -2.48. The summed E-state index contributed by atoms with van der Waals surface area (Å²) in [6.45, 7) is 4.21. The van der Waals surface area contributed by atoms with Crippen LogP contribution in [0.2, 0.25) is 0 Å². The van der Waals surface area contributed by atoms with Crippen LogP contribution in [0.5, 0.6) is 0 Å². The normalized spacial score (nSPS) is 21.9. The second kappa shape index (κ2) is 5.14. The molecule has 1 rings (SSSR count). The van der Waals surface area contributed by atoms with Gasteiger partial charge in [0.15, 0.2) is 9.84 Å². The molecule has 1 unspecified atom stereocenters. The first-order valence-corrected chi connectivity index (χ1v) is 8.17. The van der Waals surface area contributed by atoms with E-state index >= 15 is 0 Å². The molecule has 1 atom stereocenters. The minimum absolute atomic E-state index is 0.294. The van der Waals surface area contributed by atoms with E-state index in [1.54, 1.807) is 4.90 Å². The van der Waals surface area contributed by atoms with E-state index in [0.29, 0.717) is 24.9 Å². The molecule has 100 valence electrons. The van der Waals surface area contributed by atoms with Gasteiger partial charge in [-0.1, -0.05) is 0 Å². The molecular weight excluding hydrogens is 262 g/mol. The molecular formula is C11H20ClNO3S. The second-order valence-corrected chi connectivity index (χ2v) is 8.11. The van der Waals surface area contributed by atoms with E-state index in [4.69, 9.17) is 11.6 Å². The van der Waals surface area contributed by atoms with Crippen LogP contribution in [0.4, 0.5) is 0 Å². The van der Waals surface area contributed by atoms with Crippen LogP contribution in [0.1, 0.15) is 26.7 Å². The molecule has 0 bridgehead atoms.